The zero-order valence-corrected chi connectivity index (χ0v) is 15.4. The maximum Gasteiger partial charge on any atom is 0.264 e. The molecule has 2 aromatic rings. The number of nitrogens with one attached hydrogen (secondary N) is 1. The van der Waals surface area contributed by atoms with Crippen molar-refractivity contribution >= 4 is 56.4 Å². The minimum Gasteiger partial charge on any atom is -0.293 e. The van der Waals surface area contributed by atoms with Crippen molar-refractivity contribution in [2.75, 3.05) is 10.8 Å². The molecule has 3 N–H and O–H groups in total. The highest BCUT2D eigenvalue weighted by Gasteiger charge is 2.29. The van der Waals surface area contributed by atoms with Crippen LogP contribution in [-0.4, -0.2) is 20.9 Å². The quantitative estimate of drug-likeness (QED) is 0.333. The molecule has 0 radical (unpaired) electrons. The van der Waals surface area contributed by atoms with E-state index < -0.39 is 28.3 Å². The fourth-order valence-corrected chi connectivity index (χ4v) is 4.04. The minimum absolute atomic E-state index is 0.0357. The van der Waals surface area contributed by atoms with E-state index >= 15 is 0 Å². The molecule has 0 spiro atoms. The molecule has 134 valence electrons. The molecule has 0 unspecified atom stereocenters. The van der Waals surface area contributed by atoms with Crippen molar-refractivity contribution in [1.29, 1.82) is 0 Å². The van der Waals surface area contributed by atoms with Gasteiger partial charge in [0.2, 0.25) is 0 Å². The highest BCUT2D eigenvalue weighted by atomic mass is 35.5. The third-order valence-corrected chi connectivity index (χ3v) is 5.91. The molecule has 0 heterocycles. The molecular formula is C14H11Cl3FN3O3S. The van der Waals surface area contributed by atoms with Crippen molar-refractivity contribution in [3.63, 3.8) is 0 Å². The van der Waals surface area contributed by atoms with Crippen LogP contribution in [-0.2, 0) is 14.8 Å². The van der Waals surface area contributed by atoms with Gasteiger partial charge in [-0.3, -0.25) is 14.5 Å². The standard InChI is InChI=1S/C14H11Cl3FN3O3S/c15-10-5-12(17)13(6-11(10)16)21(7-14(22)20-19)25(23,24)9-3-1-8(18)2-4-9/h1-6H,7,19H2,(H,20,22). The van der Waals surface area contributed by atoms with Gasteiger partial charge in [0.25, 0.3) is 15.9 Å². The maximum atomic E-state index is 13.1. The van der Waals surface area contributed by atoms with Gasteiger partial charge in [-0.15, -0.1) is 0 Å². The van der Waals surface area contributed by atoms with Gasteiger partial charge >= 0.3 is 0 Å². The highest BCUT2D eigenvalue weighted by molar-refractivity contribution is 7.92. The predicted octanol–water partition coefficient (Wildman–Crippen LogP) is 2.97. The van der Waals surface area contributed by atoms with Crippen LogP contribution in [0.4, 0.5) is 10.1 Å². The summed E-state index contributed by atoms with van der Waals surface area (Å²) in [6.45, 7) is -0.673. The number of hydrazine groups is 1. The van der Waals surface area contributed by atoms with E-state index in [1.807, 2.05) is 5.43 Å². The summed E-state index contributed by atoms with van der Waals surface area (Å²) in [4.78, 5) is 11.4. The normalized spacial score (nSPS) is 11.2. The second-order valence-corrected chi connectivity index (χ2v) is 7.83. The lowest BCUT2D eigenvalue weighted by Crippen LogP contribution is -2.43. The van der Waals surface area contributed by atoms with Gasteiger partial charge in [0.15, 0.2) is 0 Å². The number of halogens is 4. The number of nitrogens with two attached hydrogens (primary N) is 1. The zero-order chi connectivity index (χ0) is 18.8. The molecule has 0 saturated heterocycles. The number of hydrogen-bond donors (Lipinski definition) is 2. The van der Waals surface area contributed by atoms with Gasteiger partial charge in [0.1, 0.15) is 12.4 Å². The molecule has 6 nitrogen and oxygen atoms in total. The summed E-state index contributed by atoms with van der Waals surface area (Å²) >= 11 is 17.8. The largest absolute Gasteiger partial charge is 0.293 e. The molecule has 1 amide bonds. The lowest BCUT2D eigenvalue weighted by molar-refractivity contribution is -0.119. The first-order chi connectivity index (χ1) is 11.7. The number of sulfonamides is 1. The van der Waals surface area contributed by atoms with Gasteiger partial charge < -0.3 is 0 Å². The fraction of sp³-hybridized carbons (Fsp3) is 0.0714. The van der Waals surface area contributed by atoms with Crippen LogP contribution in [0.15, 0.2) is 41.3 Å². The number of carbonyl (C=O) groups is 1. The van der Waals surface area contributed by atoms with E-state index in [0.717, 1.165) is 24.3 Å². The molecule has 0 saturated carbocycles. The summed E-state index contributed by atoms with van der Waals surface area (Å²) in [5, 5.41) is 0.0938. The minimum atomic E-state index is -4.26. The van der Waals surface area contributed by atoms with Crippen LogP contribution in [0.3, 0.4) is 0 Å². The average molecular weight is 427 g/mol. The van der Waals surface area contributed by atoms with Crippen molar-refractivity contribution < 1.29 is 17.6 Å². The Bertz CT molecular complexity index is 908. The van der Waals surface area contributed by atoms with Gasteiger partial charge in [-0.05, 0) is 36.4 Å². The van der Waals surface area contributed by atoms with Gasteiger partial charge in [-0.1, -0.05) is 34.8 Å². The van der Waals surface area contributed by atoms with Crippen molar-refractivity contribution in [3.05, 3.63) is 57.3 Å². The third-order valence-electron chi connectivity index (χ3n) is 3.11. The lowest BCUT2D eigenvalue weighted by Gasteiger charge is -2.25. The predicted molar refractivity (Wildman–Crippen MR) is 94.7 cm³/mol. The van der Waals surface area contributed by atoms with Crippen LogP contribution in [0, 0.1) is 5.82 Å². The SMILES string of the molecule is NNC(=O)CN(c1cc(Cl)c(Cl)cc1Cl)S(=O)(=O)c1ccc(F)cc1. The summed E-state index contributed by atoms with van der Waals surface area (Å²) in [6.07, 6.45) is 0. The van der Waals surface area contributed by atoms with Crippen molar-refractivity contribution in [3.8, 4) is 0 Å². The highest BCUT2D eigenvalue weighted by Crippen LogP contribution is 2.36. The smallest absolute Gasteiger partial charge is 0.264 e. The molecule has 0 aliphatic carbocycles. The Morgan fingerprint density at radius 2 is 1.64 bits per heavy atom. The molecule has 2 rings (SSSR count). The van der Waals surface area contributed by atoms with E-state index in [2.05, 4.69) is 0 Å². The summed E-state index contributed by atoms with van der Waals surface area (Å²) in [7, 11) is -4.26. The second kappa shape index (κ2) is 7.76. The first-order valence-corrected chi connectivity index (χ1v) is 9.16. The molecule has 2 aromatic carbocycles. The van der Waals surface area contributed by atoms with Crippen LogP contribution in [0.5, 0.6) is 0 Å². The molecule has 0 aromatic heterocycles. The molecule has 0 aliphatic rings. The van der Waals surface area contributed by atoms with Crippen LogP contribution in [0.25, 0.3) is 0 Å². The Hall–Kier alpha value is -1.58. The van der Waals surface area contributed by atoms with E-state index in [1.165, 1.54) is 12.1 Å². The summed E-state index contributed by atoms with van der Waals surface area (Å²) in [5.41, 5.74) is 1.76. The number of amides is 1. The molecule has 11 heteroatoms. The van der Waals surface area contributed by atoms with Crippen LogP contribution in [0.1, 0.15) is 0 Å². The van der Waals surface area contributed by atoms with Crippen LogP contribution < -0.4 is 15.6 Å². The number of anilines is 1. The monoisotopic (exact) mass is 425 g/mol. The van der Waals surface area contributed by atoms with Gasteiger partial charge in [-0.25, -0.2) is 18.7 Å². The number of benzene rings is 2. The van der Waals surface area contributed by atoms with Gasteiger partial charge in [-0.2, -0.15) is 0 Å². The summed E-state index contributed by atoms with van der Waals surface area (Å²) in [6, 6.07) is 6.52. The number of hydrogen-bond acceptors (Lipinski definition) is 4. The second-order valence-electron chi connectivity index (χ2n) is 4.75. The Balaban J connectivity index is 2.62. The molecule has 0 bridgehead atoms. The Labute approximate surface area is 158 Å². The van der Waals surface area contributed by atoms with Gasteiger partial charge in [0, 0.05) is 0 Å². The van der Waals surface area contributed by atoms with E-state index in [9.17, 15) is 17.6 Å². The van der Waals surface area contributed by atoms with Crippen LogP contribution >= 0.6 is 34.8 Å². The zero-order valence-electron chi connectivity index (χ0n) is 12.3. The van der Waals surface area contributed by atoms with E-state index in [1.54, 1.807) is 0 Å². The van der Waals surface area contributed by atoms with Crippen LogP contribution in [0.2, 0.25) is 15.1 Å². The van der Waals surface area contributed by atoms with E-state index in [4.69, 9.17) is 40.6 Å². The topological polar surface area (TPSA) is 92.5 Å². The first-order valence-electron chi connectivity index (χ1n) is 6.59. The van der Waals surface area contributed by atoms with Crippen molar-refractivity contribution in [2.45, 2.75) is 4.90 Å². The van der Waals surface area contributed by atoms with Crippen molar-refractivity contribution in [2.24, 2.45) is 5.84 Å². The number of carbonyl (C=O) groups excluding carboxylic acids is 1. The van der Waals surface area contributed by atoms with Gasteiger partial charge in [0.05, 0.1) is 25.7 Å². The molecule has 0 atom stereocenters. The fourth-order valence-electron chi connectivity index (χ4n) is 1.91. The molecule has 0 fully saturated rings. The molecular weight excluding hydrogens is 416 g/mol. The Morgan fingerprint density at radius 3 is 2.20 bits per heavy atom. The van der Waals surface area contributed by atoms with E-state index in [-0.39, 0.29) is 25.7 Å². The Kier molecular flexibility index (Phi) is 6.12. The van der Waals surface area contributed by atoms with Crippen molar-refractivity contribution in [1.82, 2.24) is 5.43 Å². The molecule has 0 aliphatic heterocycles. The third kappa shape index (κ3) is 4.34. The lowest BCUT2D eigenvalue weighted by atomic mass is 10.3. The molecule has 25 heavy (non-hydrogen) atoms. The maximum absolute atomic E-state index is 13.1. The Morgan fingerprint density at radius 1 is 1.08 bits per heavy atom. The first kappa shape index (κ1) is 19.7. The summed E-state index contributed by atoms with van der Waals surface area (Å²) < 4.78 is 39.6. The van der Waals surface area contributed by atoms with E-state index in [0.29, 0.717) is 4.31 Å². The average Bonchev–Trinajstić information content (AvgIpc) is 2.56. The number of rotatable bonds is 5. The summed E-state index contributed by atoms with van der Waals surface area (Å²) in [5.74, 6) is 3.63. The number of nitrogens with zero attached hydrogens (tertiary/aromatic N) is 1.